The molecule has 27 heavy (non-hydrogen) atoms. The normalized spacial score (nSPS) is 12.7. The van der Waals surface area contributed by atoms with Gasteiger partial charge in [0.15, 0.2) is 9.76 Å². The van der Waals surface area contributed by atoms with Crippen LogP contribution in [-0.4, -0.2) is 29.6 Å². The Morgan fingerprint density at radius 2 is 1.30 bits per heavy atom. The third-order valence-electron chi connectivity index (χ3n) is 5.31. The lowest BCUT2D eigenvalue weighted by molar-refractivity contribution is 0.0179. The van der Waals surface area contributed by atoms with E-state index in [1.165, 1.54) is 17.5 Å². The highest BCUT2D eigenvalue weighted by Crippen LogP contribution is 2.32. The molecule has 3 heteroatoms. The van der Waals surface area contributed by atoms with Crippen molar-refractivity contribution >= 4 is 9.76 Å². The first-order valence-electron chi connectivity index (χ1n) is 10.2. The Morgan fingerprint density at radius 3 is 1.74 bits per heavy atom. The van der Waals surface area contributed by atoms with Gasteiger partial charge in [0.05, 0.1) is 6.61 Å². The molecule has 0 saturated heterocycles. The first kappa shape index (κ1) is 21.9. The van der Waals surface area contributed by atoms with Gasteiger partial charge in [0.1, 0.15) is 0 Å². The summed E-state index contributed by atoms with van der Waals surface area (Å²) in [5.41, 5.74) is 2.68. The lowest BCUT2D eigenvalue weighted by atomic mass is 9.78. The molecule has 0 aliphatic heterocycles. The molecule has 0 radical (unpaired) electrons. The Kier molecular flexibility index (Phi) is 8.74. The highest BCUT2D eigenvalue weighted by molar-refractivity contribution is 6.31. The Hall–Kier alpha value is -1.42. The molecule has 0 spiro atoms. The lowest BCUT2D eigenvalue weighted by Gasteiger charge is -2.35. The largest absolute Gasteiger partial charge is 0.423 e. The van der Waals surface area contributed by atoms with Crippen molar-refractivity contribution in [1.29, 1.82) is 0 Å². The molecule has 0 aromatic heterocycles. The summed E-state index contributed by atoms with van der Waals surface area (Å²) in [7, 11) is -0.598. The minimum absolute atomic E-state index is 0.0322. The first-order valence-corrected chi connectivity index (χ1v) is 11.5. The minimum atomic E-state index is -0.598. The van der Waals surface area contributed by atoms with E-state index in [1.807, 2.05) is 0 Å². The van der Waals surface area contributed by atoms with Crippen LogP contribution in [0.1, 0.15) is 45.2 Å². The third-order valence-corrected chi connectivity index (χ3v) is 7.00. The van der Waals surface area contributed by atoms with Gasteiger partial charge in [-0.2, -0.15) is 0 Å². The van der Waals surface area contributed by atoms with E-state index in [-0.39, 0.29) is 5.41 Å². The molecule has 0 atom stereocenters. The average molecular weight is 385 g/mol. The Morgan fingerprint density at radius 1 is 0.778 bits per heavy atom. The summed E-state index contributed by atoms with van der Waals surface area (Å²) in [6, 6.07) is 21.5. The van der Waals surface area contributed by atoms with Crippen LogP contribution >= 0.6 is 0 Å². The van der Waals surface area contributed by atoms with Crippen molar-refractivity contribution in [2.45, 2.75) is 52.0 Å². The standard InChI is InChI=1S/C24H36O2Si/c1-5-23(3,4)27-26-20-24(19-25-6-2,17-21-13-9-7-10-14-21)18-22-15-11-8-12-16-22/h7-16H,5-6,17-20,27H2,1-4H3. The summed E-state index contributed by atoms with van der Waals surface area (Å²) in [5, 5.41) is 0.344. The van der Waals surface area contributed by atoms with E-state index < -0.39 is 9.76 Å². The summed E-state index contributed by atoms with van der Waals surface area (Å²) in [6.07, 6.45) is 3.13. The Labute approximate surface area is 168 Å². The number of ether oxygens (including phenoxy) is 1. The Bertz CT molecular complexity index is 598. The summed E-state index contributed by atoms with van der Waals surface area (Å²) in [4.78, 5) is 0. The van der Waals surface area contributed by atoms with Crippen LogP contribution in [0.2, 0.25) is 5.04 Å². The topological polar surface area (TPSA) is 18.5 Å². The summed E-state index contributed by atoms with van der Waals surface area (Å²) in [6.45, 7) is 11.2. The fraction of sp³-hybridized carbons (Fsp3) is 0.500. The Balaban J connectivity index is 2.23. The number of hydrogen-bond acceptors (Lipinski definition) is 2. The molecule has 0 heterocycles. The second-order valence-corrected chi connectivity index (χ2v) is 11.1. The lowest BCUT2D eigenvalue weighted by Crippen LogP contribution is -2.38. The first-order chi connectivity index (χ1) is 13.0. The maximum absolute atomic E-state index is 6.46. The van der Waals surface area contributed by atoms with Crippen molar-refractivity contribution in [2.24, 2.45) is 5.41 Å². The fourth-order valence-electron chi connectivity index (χ4n) is 3.33. The predicted molar refractivity (Wildman–Crippen MR) is 118 cm³/mol. The molecule has 0 N–H and O–H groups in total. The highest BCUT2D eigenvalue weighted by Gasteiger charge is 2.32. The van der Waals surface area contributed by atoms with Crippen molar-refractivity contribution in [1.82, 2.24) is 0 Å². The van der Waals surface area contributed by atoms with Crippen molar-refractivity contribution in [3.63, 3.8) is 0 Å². The van der Waals surface area contributed by atoms with Crippen molar-refractivity contribution in [3.05, 3.63) is 71.8 Å². The molecule has 0 amide bonds. The van der Waals surface area contributed by atoms with Crippen molar-refractivity contribution in [2.75, 3.05) is 19.8 Å². The second-order valence-electron chi connectivity index (χ2n) is 8.47. The molecule has 0 saturated carbocycles. The van der Waals surface area contributed by atoms with Crippen LogP contribution < -0.4 is 0 Å². The molecule has 2 rings (SSSR count). The van der Waals surface area contributed by atoms with Gasteiger partial charge in [-0.25, -0.2) is 0 Å². The molecular weight excluding hydrogens is 348 g/mol. The zero-order chi connectivity index (χ0) is 19.6. The molecule has 0 fully saturated rings. The predicted octanol–water partition coefficient (Wildman–Crippen LogP) is 5.20. The molecule has 148 valence electrons. The maximum Gasteiger partial charge on any atom is 0.167 e. The monoisotopic (exact) mass is 384 g/mol. The van der Waals surface area contributed by atoms with Gasteiger partial charge in [-0.05, 0) is 35.9 Å². The van der Waals surface area contributed by atoms with Gasteiger partial charge < -0.3 is 9.16 Å². The smallest absolute Gasteiger partial charge is 0.167 e. The van der Waals surface area contributed by atoms with Crippen LogP contribution in [0, 0.1) is 5.41 Å². The fourth-order valence-corrected chi connectivity index (χ4v) is 4.62. The molecule has 0 bridgehead atoms. The van der Waals surface area contributed by atoms with Crippen LogP contribution in [0.4, 0.5) is 0 Å². The van der Waals surface area contributed by atoms with Crippen molar-refractivity contribution in [3.8, 4) is 0 Å². The second kappa shape index (κ2) is 10.8. The van der Waals surface area contributed by atoms with Crippen LogP contribution in [0.15, 0.2) is 60.7 Å². The van der Waals surface area contributed by atoms with Crippen LogP contribution in [0.25, 0.3) is 0 Å². The molecule has 0 aliphatic rings. The third kappa shape index (κ3) is 7.61. The van der Waals surface area contributed by atoms with E-state index in [4.69, 9.17) is 9.16 Å². The van der Waals surface area contributed by atoms with Gasteiger partial charge in [0, 0.05) is 18.6 Å². The summed E-state index contributed by atoms with van der Waals surface area (Å²) >= 11 is 0. The molecular formula is C24H36O2Si. The van der Waals surface area contributed by atoms with Gasteiger partial charge in [-0.1, -0.05) is 87.9 Å². The number of hydrogen-bond donors (Lipinski definition) is 0. The van der Waals surface area contributed by atoms with Crippen LogP contribution in [0.5, 0.6) is 0 Å². The number of rotatable bonds is 12. The quantitative estimate of drug-likeness (QED) is 0.468. The molecule has 2 aromatic rings. The van der Waals surface area contributed by atoms with Crippen molar-refractivity contribution < 1.29 is 9.16 Å². The summed E-state index contributed by atoms with van der Waals surface area (Å²) in [5.74, 6) is 0. The van der Waals surface area contributed by atoms with E-state index in [0.717, 1.165) is 32.7 Å². The van der Waals surface area contributed by atoms with Crippen LogP contribution in [0.3, 0.4) is 0 Å². The minimum Gasteiger partial charge on any atom is -0.423 e. The highest BCUT2D eigenvalue weighted by atomic mass is 28.2. The average Bonchev–Trinajstić information content (AvgIpc) is 2.68. The van der Waals surface area contributed by atoms with Crippen LogP contribution in [-0.2, 0) is 22.0 Å². The molecule has 2 nitrogen and oxygen atoms in total. The van der Waals surface area contributed by atoms with Gasteiger partial charge in [-0.3, -0.25) is 0 Å². The van der Waals surface area contributed by atoms with E-state index in [2.05, 4.69) is 88.4 Å². The van der Waals surface area contributed by atoms with Gasteiger partial charge in [0.25, 0.3) is 0 Å². The van der Waals surface area contributed by atoms with E-state index in [9.17, 15) is 0 Å². The van der Waals surface area contributed by atoms with E-state index in [1.54, 1.807) is 0 Å². The molecule has 0 unspecified atom stereocenters. The van der Waals surface area contributed by atoms with E-state index in [0.29, 0.717) is 5.04 Å². The van der Waals surface area contributed by atoms with Gasteiger partial charge in [0.2, 0.25) is 0 Å². The maximum atomic E-state index is 6.46. The number of benzene rings is 2. The van der Waals surface area contributed by atoms with Gasteiger partial charge >= 0.3 is 0 Å². The zero-order valence-electron chi connectivity index (χ0n) is 17.5. The molecule has 2 aromatic carbocycles. The SMILES string of the molecule is CCOCC(CO[SiH2]C(C)(C)CC)(Cc1ccccc1)Cc1ccccc1. The zero-order valence-corrected chi connectivity index (χ0v) is 19.0. The van der Waals surface area contributed by atoms with E-state index >= 15 is 0 Å². The molecule has 0 aliphatic carbocycles. The van der Waals surface area contributed by atoms with Gasteiger partial charge in [-0.15, -0.1) is 0 Å². The summed E-state index contributed by atoms with van der Waals surface area (Å²) < 4.78 is 12.4.